The number of carbonyl (C=O) groups excluding carboxylic acids is 1. The molecule has 2 aromatic heterocycles. The van der Waals surface area contributed by atoms with Crippen LogP contribution < -0.4 is 25.8 Å². The lowest BCUT2D eigenvalue weighted by atomic mass is 9.90. The fourth-order valence-corrected chi connectivity index (χ4v) is 5.87. The first kappa shape index (κ1) is 20.6. The minimum Gasteiger partial charge on any atom is -0.371 e. The first-order valence-corrected chi connectivity index (χ1v) is 11.9. The van der Waals surface area contributed by atoms with Gasteiger partial charge in [-0.15, -0.1) is 0 Å². The molecule has 174 valence electrons. The molecule has 3 fully saturated rings. The van der Waals surface area contributed by atoms with E-state index in [1.807, 2.05) is 24.5 Å². The fourth-order valence-electron chi connectivity index (χ4n) is 5.87. The third kappa shape index (κ3) is 3.57. The monoisotopic (exact) mass is 450 g/mol. The number of nitrogens with zero attached hydrogens (tertiary/aromatic N) is 5. The van der Waals surface area contributed by atoms with Crippen molar-refractivity contribution in [1.82, 2.24) is 25.6 Å². The average molecular weight is 451 g/mol. The molecule has 0 radical (unpaired) electrons. The van der Waals surface area contributed by atoms with E-state index in [0.717, 1.165) is 74.7 Å². The molecule has 33 heavy (non-hydrogen) atoms. The highest BCUT2D eigenvalue weighted by Gasteiger charge is 2.57. The van der Waals surface area contributed by atoms with Crippen molar-refractivity contribution in [1.29, 1.82) is 0 Å². The Morgan fingerprint density at radius 2 is 1.91 bits per heavy atom. The van der Waals surface area contributed by atoms with Gasteiger partial charge in [0, 0.05) is 50.4 Å². The van der Waals surface area contributed by atoms with E-state index in [2.05, 4.69) is 35.7 Å². The molecule has 3 aliphatic heterocycles. The normalized spacial score (nSPS) is 27.3. The Bertz CT molecular complexity index is 1040. The molecule has 2 saturated heterocycles. The Morgan fingerprint density at radius 3 is 2.61 bits per heavy atom. The Balaban J connectivity index is 1.26. The van der Waals surface area contributed by atoms with Crippen LogP contribution in [0, 0.1) is 0 Å². The van der Waals surface area contributed by atoms with Gasteiger partial charge in [0.05, 0.1) is 23.8 Å². The summed E-state index contributed by atoms with van der Waals surface area (Å²) in [4.78, 5) is 30.7. The molecule has 10 nitrogen and oxygen atoms in total. The smallest absolute Gasteiger partial charge is 0.229 e. The third-order valence-corrected chi connectivity index (χ3v) is 7.45. The van der Waals surface area contributed by atoms with Crippen molar-refractivity contribution in [3.63, 3.8) is 0 Å². The lowest BCUT2D eigenvalue weighted by Crippen LogP contribution is -2.58. The Hall–Kier alpha value is -2.98. The molecule has 4 N–H and O–H groups in total. The summed E-state index contributed by atoms with van der Waals surface area (Å²) in [6.07, 6.45) is 8.00. The van der Waals surface area contributed by atoms with E-state index < -0.39 is 11.8 Å². The predicted molar refractivity (Wildman–Crippen MR) is 125 cm³/mol. The quantitative estimate of drug-likeness (QED) is 0.539. The summed E-state index contributed by atoms with van der Waals surface area (Å²) in [6, 6.07) is 4.30. The molecule has 1 aliphatic carbocycles. The van der Waals surface area contributed by atoms with Gasteiger partial charge in [0.15, 0.2) is 6.23 Å². The number of hydrogen-bond acceptors (Lipinski definition) is 9. The maximum atomic E-state index is 12.2. The molecule has 0 bridgehead atoms. The molecule has 0 aromatic carbocycles. The van der Waals surface area contributed by atoms with E-state index in [-0.39, 0.29) is 18.4 Å². The van der Waals surface area contributed by atoms with Crippen LogP contribution in [0.2, 0.25) is 0 Å². The number of amides is 1. The van der Waals surface area contributed by atoms with Gasteiger partial charge in [-0.25, -0.2) is 9.97 Å². The molecule has 2 unspecified atom stereocenters. The summed E-state index contributed by atoms with van der Waals surface area (Å²) in [5.74, 6) is 2.19. The van der Waals surface area contributed by atoms with Gasteiger partial charge in [-0.3, -0.25) is 4.79 Å². The first-order chi connectivity index (χ1) is 16.1. The number of rotatable bonds is 4. The largest absolute Gasteiger partial charge is 0.371 e. The van der Waals surface area contributed by atoms with E-state index in [9.17, 15) is 9.90 Å². The number of aliphatic hydroxyl groups is 1. The summed E-state index contributed by atoms with van der Waals surface area (Å²) >= 11 is 0. The Kier molecular flexibility index (Phi) is 5.06. The summed E-state index contributed by atoms with van der Waals surface area (Å²) in [6.45, 7) is 3.85. The molecule has 1 saturated carbocycles. The molecular formula is C23H30N8O2. The van der Waals surface area contributed by atoms with E-state index >= 15 is 0 Å². The third-order valence-electron chi connectivity index (χ3n) is 7.45. The standard InChI is InChI=1S/C23H30N8O2/c32-19-12-23(21(33)28-19)11-15-13-26-22(29-20(15)31(23)17-3-1-2-4-17)27-16-5-6-18(25-14-16)30-9-7-24-8-10-30/h5-6,13-14,17,21,24,33H,1-4,7-12H2,(H,28,32)(H,26,27,29). The van der Waals surface area contributed by atoms with Crippen molar-refractivity contribution in [3.05, 3.63) is 30.1 Å². The van der Waals surface area contributed by atoms with E-state index in [1.165, 1.54) is 0 Å². The Morgan fingerprint density at radius 1 is 1.09 bits per heavy atom. The zero-order valence-electron chi connectivity index (χ0n) is 18.6. The van der Waals surface area contributed by atoms with E-state index in [4.69, 9.17) is 4.98 Å². The maximum absolute atomic E-state index is 12.2. The molecule has 5 heterocycles. The number of anilines is 4. The summed E-state index contributed by atoms with van der Waals surface area (Å²) in [7, 11) is 0. The minimum atomic E-state index is -0.905. The highest BCUT2D eigenvalue weighted by molar-refractivity contribution is 5.83. The number of aliphatic hydroxyl groups excluding tert-OH is 1. The van der Waals surface area contributed by atoms with Gasteiger partial charge in [-0.2, -0.15) is 4.98 Å². The molecular weight excluding hydrogens is 420 g/mol. The van der Waals surface area contributed by atoms with Crippen LogP contribution in [0.15, 0.2) is 24.5 Å². The van der Waals surface area contributed by atoms with Crippen molar-refractivity contribution in [2.75, 3.05) is 41.3 Å². The van der Waals surface area contributed by atoms with Gasteiger partial charge in [0.1, 0.15) is 11.6 Å². The molecule has 2 atom stereocenters. The second-order valence-corrected chi connectivity index (χ2v) is 9.55. The van der Waals surface area contributed by atoms with Gasteiger partial charge in [0.25, 0.3) is 0 Å². The highest BCUT2D eigenvalue weighted by atomic mass is 16.3. The summed E-state index contributed by atoms with van der Waals surface area (Å²) < 4.78 is 0. The van der Waals surface area contributed by atoms with E-state index in [0.29, 0.717) is 12.4 Å². The number of hydrogen-bond donors (Lipinski definition) is 4. The van der Waals surface area contributed by atoms with Crippen molar-refractivity contribution >= 4 is 29.2 Å². The predicted octanol–water partition coefficient (Wildman–Crippen LogP) is 0.907. The lowest BCUT2D eigenvalue weighted by molar-refractivity contribution is -0.120. The van der Waals surface area contributed by atoms with Gasteiger partial charge in [-0.05, 0) is 25.0 Å². The number of nitrogens with one attached hydrogen (secondary N) is 3. The fraction of sp³-hybridized carbons (Fsp3) is 0.565. The zero-order chi connectivity index (χ0) is 22.4. The maximum Gasteiger partial charge on any atom is 0.229 e. The van der Waals surface area contributed by atoms with Crippen LogP contribution in [-0.4, -0.2) is 70.0 Å². The topological polar surface area (TPSA) is 119 Å². The average Bonchev–Trinajstić information content (AvgIpc) is 3.52. The van der Waals surface area contributed by atoms with Gasteiger partial charge < -0.3 is 30.9 Å². The van der Waals surface area contributed by atoms with Crippen LogP contribution >= 0.6 is 0 Å². The molecule has 4 aliphatic rings. The number of carbonyl (C=O) groups is 1. The number of fused-ring (bicyclic) bond motifs is 1. The molecule has 1 amide bonds. The first-order valence-electron chi connectivity index (χ1n) is 11.9. The van der Waals surface area contributed by atoms with Gasteiger partial charge in [-0.1, -0.05) is 12.8 Å². The van der Waals surface area contributed by atoms with Crippen LogP contribution in [0.25, 0.3) is 0 Å². The minimum absolute atomic E-state index is 0.111. The summed E-state index contributed by atoms with van der Waals surface area (Å²) in [5, 5.41) is 20.2. The number of piperazine rings is 1. The zero-order valence-corrected chi connectivity index (χ0v) is 18.6. The molecule has 6 rings (SSSR count). The number of pyridine rings is 1. The molecule has 1 spiro atoms. The Labute approximate surface area is 192 Å². The molecule has 10 heteroatoms. The highest BCUT2D eigenvalue weighted by Crippen LogP contribution is 2.47. The van der Waals surface area contributed by atoms with Crippen molar-refractivity contribution in [2.24, 2.45) is 0 Å². The van der Waals surface area contributed by atoms with Crippen molar-refractivity contribution < 1.29 is 9.90 Å². The lowest BCUT2D eigenvalue weighted by Gasteiger charge is -2.41. The van der Waals surface area contributed by atoms with Crippen molar-refractivity contribution in [2.45, 2.75) is 56.3 Å². The van der Waals surface area contributed by atoms with Crippen LogP contribution in [0.4, 0.5) is 23.3 Å². The van der Waals surface area contributed by atoms with E-state index in [1.54, 1.807) is 0 Å². The van der Waals surface area contributed by atoms with Crippen LogP contribution in [0.3, 0.4) is 0 Å². The SMILES string of the molecule is O=C1CC2(Cc3cnc(Nc4ccc(N5CCNCC5)nc4)nc3N2C2CCCC2)C(O)N1. The van der Waals surface area contributed by atoms with Gasteiger partial charge >= 0.3 is 0 Å². The molecule has 2 aromatic rings. The second-order valence-electron chi connectivity index (χ2n) is 9.55. The summed E-state index contributed by atoms with van der Waals surface area (Å²) in [5.41, 5.74) is 1.13. The second kappa shape index (κ2) is 8.11. The van der Waals surface area contributed by atoms with Crippen LogP contribution in [0.5, 0.6) is 0 Å². The van der Waals surface area contributed by atoms with Crippen LogP contribution in [0.1, 0.15) is 37.7 Å². The van der Waals surface area contributed by atoms with Crippen LogP contribution in [-0.2, 0) is 11.2 Å². The number of aromatic nitrogens is 3. The van der Waals surface area contributed by atoms with Crippen molar-refractivity contribution in [3.8, 4) is 0 Å². The van der Waals surface area contributed by atoms with Gasteiger partial charge in [0.2, 0.25) is 11.9 Å².